The summed E-state index contributed by atoms with van der Waals surface area (Å²) in [5.74, 6) is 0. The van der Waals surface area contributed by atoms with Crippen molar-refractivity contribution in [2.75, 3.05) is 0 Å². The molecule has 0 saturated carbocycles. The van der Waals surface area contributed by atoms with E-state index in [1.165, 1.54) is 11.1 Å². The van der Waals surface area contributed by atoms with E-state index in [4.69, 9.17) is 12.2 Å². The van der Waals surface area contributed by atoms with Crippen molar-refractivity contribution < 1.29 is 0 Å². The zero-order valence-corrected chi connectivity index (χ0v) is 17.2. The maximum Gasteiger partial charge on any atom is 0.170 e. The molecule has 2 atom stereocenters. The molecule has 0 unspecified atom stereocenters. The van der Waals surface area contributed by atoms with Crippen LogP contribution < -0.4 is 5.32 Å². The topological polar surface area (TPSA) is 46.0 Å². The highest BCUT2D eigenvalue weighted by Gasteiger charge is 2.40. The fraction of sp³-hybridized carbons (Fsp3) is 0.318. The summed E-state index contributed by atoms with van der Waals surface area (Å²) in [7, 11) is 0. The Hall–Kier alpha value is -2.73. The normalized spacial score (nSPS) is 19.7. The SMILES string of the molecule is CC(C)(C)n1ccc([C@H]2[C@@H](c3ccccn3)NC(=S)N2Cc2ccncc2)c1. The second-order valence-electron chi connectivity index (χ2n) is 8.13. The second-order valence-corrected chi connectivity index (χ2v) is 8.52. The predicted molar refractivity (Wildman–Crippen MR) is 115 cm³/mol. The highest BCUT2D eigenvalue weighted by molar-refractivity contribution is 7.80. The minimum Gasteiger partial charge on any atom is -0.352 e. The van der Waals surface area contributed by atoms with Crippen LogP contribution in [-0.2, 0) is 12.1 Å². The molecule has 1 aliphatic heterocycles. The molecule has 4 rings (SSSR count). The van der Waals surface area contributed by atoms with Crippen LogP contribution in [0.3, 0.4) is 0 Å². The number of aromatic nitrogens is 3. The number of hydrogen-bond donors (Lipinski definition) is 1. The first-order valence-corrected chi connectivity index (χ1v) is 9.89. The molecule has 1 saturated heterocycles. The highest BCUT2D eigenvalue weighted by Crippen LogP contribution is 2.40. The maximum atomic E-state index is 5.74. The van der Waals surface area contributed by atoms with Gasteiger partial charge in [-0.15, -0.1) is 0 Å². The van der Waals surface area contributed by atoms with E-state index >= 15 is 0 Å². The van der Waals surface area contributed by atoms with Gasteiger partial charge in [0.15, 0.2) is 5.11 Å². The first-order chi connectivity index (χ1) is 13.4. The number of thiocarbonyl (C=S) groups is 1. The molecule has 0 aliphatic carbocycles. The van der Waals surface area contributed by atoms with Gasteiger partial charge in [0.25, 0.3) is 0 Å². The lowest BCUT2D eigenvalue weighted by atomic mass is 9.98. The van der Waals surface area contributed by atoms with Gasteiger partial charge in [0, 0.05) is 43.1 Å². The van der Waals surface area contributed by atoms with Crippen molar-refractivity contribution in [2.24, 2.45) is 0 Å². The smallest absolute Gasteiger partial charge is 0.170 e. The lowest BCUT2D eigenvalue weighted by Crippen LogP contribution is -2.29. The molecule has 0 radical (unpaired) electrons. The number of pyridine rings is 2. The molecule has 3 aromatic heterocycles. The lowest BCUT2D eigenvalue weighted by Gasteiger charge is -2.28. The van der Waals surface area contributed by atoms with E-state index in [1.54, 1.807) is 0 Å². The molecule has 6 heteroatoms. The predicted octanol–water partition coefficient (Wildman–Crippen LogP) is 4.21. The molecule has 28 heavy (non-hydrogen) atoms. The largest absolute Gasteiger partial charge is 0.352 e. The molecular formula is C22H25N5S. The molecule has 0 spiro atoms. The second kappa shape index (κ2) is 7.36. The third-order valence-electron chi connectivity index (χ3n) is 5.13. The zero-order chi connectivity index (χ0) is 19.7. The van der Waals surface area contributed by atoms with Crippen molar-refractivity contribution in [1.29, 1.82) is 0 Å². The summed E-state index contributed by atoms with van der Waals surface area (Å²) < 4.78 is 2.25. The van der Waals surface area contributed by atoms with E-state index in [-0.39, 0.29) is 17.6 Å². The van der Waals surface area contributed by atoms with Crippen molar-refractivity contribution in [1.82, 2.24) is 24.8 Å². The van der Waals surface area contributed by atoms with Crippen LogP contribution >= 0.6 is 12.2 Å². The Kier molecular flexibility index (Phi) is 4.89. The van der Waals surface area contributed by atoms with Gasteiger partial charge in [-0.3, -0.25) is 9.97 Å². The van der Waals surface area contributed by atoms with Gasteiger partial charge in [0.1, 0.15) is 0 Å². The summed E-state index contributed by atoms with van der Waals surface area (Å²) in [5, 5.41) is 4.26. The van der Waals surface area contributed by atoms with E-state index in [9.17, 15) is 0 Å². The summed E-state index contributed by atoms with van der Waals surface area (Å²) in [4.78, 5) is 11.0. The van der Waals surface area contributed by atoms with E-state index in [0.29, 0.717) is 0 Å². The van der Waals surface area contributed by atoms with Crippen LogP contribution in [0.4, 0.5) is 0 Å². The van der Waals surface area contributed by atoms with Gasteiger partial charge < -0.3 is 14.8 Å². The third kappa shape index (κ3) is 3.64. The van der Waals surface area contributed by atoms with Crippen molar-refractivity contribution in [2.45, 2.75) is 44.9 Å². The van der Waals surface area contributed by atoms with E-state index in [1.807, 2.05) is 42.9 Å². The average Bonchev–Trinajstić information content (AvgIpc) is 3.29. The van der Waals surface area contributed by atoms with Gasteiger partial charge in [-0.25, -0.2) is 0 Å². The molecule has 0 amide bonds. The molecular weight excluding hydrogens is 366 g/mol. The number of hydrogen-bond acceptors (Lipinski definition) is 3. The molecule has 3 aromatic rings. The number of nitrogens with zero attached hydrogens (tertiary/aromatic N) is 4. The molecule has 4 heterocycles. The molecule has 1 N–H and O–H groups in total. The Balaban J connectivity index is 1.74. The summed E-state index contributed by atoms with van der Waals surface area (Å²) in [6.45, 7) is 7.35. The molecule has 0 aromatic carbocycles. The Bertz CT molecular complexity index is 946. The quantitative estimate of drug-likeness (QED) is 0.675. The molecule has 144 valence electrons. The van der Waals surface area contributed by atoms with Crippen LogP contribution in [0.5, 0.6) is 0 Å². The Morgan fingerprint density at radius 1 is 1.07 bits per heavy atom. The number of rotatable bonds is 4. The van der Waals surface area contributed by atoms with Crippen LogP contribution in [0.2, 0.25) is 0 Å². The first-order valence-electron chi connectivity index (χ1n) is 9.49. The van der Waals surface area contributed by atoms with Crippen LogP contribution in [0.15, 0.2) is 67.4 Å². The van der Waals surface area contributed by atoms with Gasteiger partial charge >= 0.3 is 0 Å². The van der Waals surface area contributed by atoms with Gasteiger partial charge in [-0.05, 0) is 74.4 Å². The van der Waals surface area contributed by atoms with Crippen LogP contribution in [0, 0.1) is 0 Å². The summed E-state index contributed by atoms with van der Waals surface area (Å²) >= 11 is 5.74. The number of nitrogens with one attached hydrogen (secondary N) is 1. The van der Waals surface area contributed by atoms with Crippen molar-refractivity contribution in [3.63, 3.8) is 0 Å². The van der Waals surface area contributed by atoms with Crippen LogP contribution in [-0.4, -0.2) is 24.5 Å². The molecule has 1 aliphatic rings. The minimum atomic E-state index is 0.00588. The van der Waals surface area contributed by atoms with Gasteiger partial charge in [0.2, 0.25) is 0 Å². The van der Waals surface area contributed by atoms with Gasteiger partial charge in [-0.1, -0.05) is 6.07 Å². The Morgan fingerprint density at radius 3 is 2.50 bits per heavy atom. The standard InChI is InChI=1S/C22H25N5S/c1-22(2,3)26-13-9-17(15-26)20-19(18-6-4-5-10-24-18)25-21(28)27(20)14-16-7-11-23-12-8-16/h4-13,15,19-20H,14H2,1-3H3,(H,25,28)/t19-,20+/m1/s1. The maximum absolute atomic E-state index is 5.74. The van der Waals surface area contributed by atoms with E-state index in [0.717, 1.165) is 17.4 Å². The lowest BCUT2D eigenvalue weighted by molar-refractivity contribution is 0.309. The zero-order valence-electron chi connectivity index (χ0n) is 16.4. The summed E-state index contributed by atoms with van der Waals surface area (Å²) in [6.07, 6.45) is 9.86. The van der Waals surface area contributed by atoms with Gasteiger partial charge in [-0.2, -0.15) is 0 Å². The fourth-order valence-corrected chi connectivity index (χ4v) is 3.93. The van der Waals surface area contributed by atoms with Crippen LogP contribution in [0.25, 0.3) is 0 Å². The van der Waals surface area contributed by atoms with Gasteiger partial charge in [0.05, 0.1) is 17.8 Å². The van der Waals surface area contributed by atoms with E-state index in [2.05, 4.69) is 70.0 Å². The fourth-order valence-electron chi connectivity index (χ4n) is 3.63. The van der Waals surface area contributed by atoms with Crippen molar-refractivity contribution in [3.05, 3.63) is 84.2 Å². The van der Waals surface area contributed by atoms with E-state index < -0.39 is 0 Å². The Labute approximate surface area is 171 Å². The minimum absolute atomic E-state index is 0.00588. The average molecular weight is 392 g/mol. The molecule has 5 nitrogen and oxygen atoms in total. The van der Waals surface area contributed by atoms with Crippen LogP contribution in [0.1, 0.15) is 49.7 Å². The molecule has 0 bridgehead atoms. The Morgan fingerprint density at radius 2 is 1.86 bits per heavy atom. The third-order valence-corrected chi connectivity index (χ3v) is 5.48. The van der Waals surface area contributed by atoms with Crippen molar-refractivity contribution >= 4 is 17.3 Å². The highest BCUT2D eigenvalue weighted by atomic mass is 32.1. The van der Waals surface area contributed by atoms with Crippen molar-refractivity contribution in [3.8, 4) is 0 Å². The summed E-state index contributed by atoms with van der Waals surface area (Å²) in [6, 6.07) is 12.4. The molecule has 1 fully saturated rings. The monoisotopic (exact) mass is 391 g/mol. The first kappa shape index (κ1) is 18.6. The summed E-state index contributed by atoms with van der Waals surface area (Å²) in [5.41, 5.74) is 3.44.